The average Bonchev–Trinajstić information content (AvgIpc) is 2.97. The van der Waals surface area contributed by atoms with E-state index in [0.29, 0.717) is 37.6 Å². The summed E-state index contributed by atoms with van der Waals surface area (Å²) in [5.74, 6) is 1.20. The van der Waals surface area contributed by atoms with Crippen LogP contribution in [-0.4, -0.2) is 36.7 Å². The van der Waals surface area contributed by atoms with E-state index in [9.17, 15) is 9.59 Å². The Morgan fingerprint density at radius 2 is 0.634 bits per heavy atom. The van der Waals surface area contributed by atoms with Crippen LogP contribution in [0.15, 0.2) is 0 Å². The Morgan fingerprint density at radius 1 is 0.390 bits per heavy atom. The van der Waals surface area contributed by atoms with E-state index in [4.69, 9.17) is 9.47 Å². The number of carbonyl (C=O) groups is 2. The first-order chi connectivity index (χ1) is 20.2. The van der Waals surface area contributed by atoms with Crippen LogP contribution < -0.4 is 0 Å². The summed E-state index contributed by atoms with van der Waals surface area (Å²) in [5, 5.41) is 0. The number of unbranched alkanes of at least 4 members (excludes halogenated alkanes) is 24. The molecule has 0 aliphatic heterocycles. The van der Waals surface area contributed by atoms with E-state index in [0.717, 1.165) is 25.7 Å². The van der Waals surface area contributed by atoms with Crippen molar-refractivity contribution in [3.05, 3.63) is 0 Å². The molecule has 41 heavy (non-hydrogen) atoms. The molecule has 0 aliphatic rings. The van der Waals surface area contributed by atoms with Crippen molar-refractivity contribution in [2.45, 2.75) is 194 Å². The molecule has 0 saturated carbocycles. The molecule has 0 heterocycles. The lowest BCUT2D eigenvalue weighted by molar-refractivity contribution is -0.144. The lowest BCUT2D eigenvalue weighted by Gasteiger charge is -2.06. The Hall–Kier alpha value is -0.710. The van der Waals surface area contributed by atoms with Gasteiger partial charge < -0.3 is 9.47 Å². The molecule has 0 saturated heterocycles. The SMILES string of the molecule is CCCCCCCCCCCCCCCCCCOC(=O)CCSCCC(=O)OCCCCCCCCCCCC. The summed E-state index contributed by atoms with van der Waals surface area (Å²) in [4.78, 5) is 23.8. The van der Waals surface area contributed by atoms with Gasteiger partial charge in [-0.25, -0.2) is 0 Å². The Kier molecular flexibility index (Phi) is 34.9. The second kappa shape index (κ2) is 35.5. The quantitative estimate of drug-likeness (QED) is 0.0544. The van der Waals surface area contributed by atoms with Crippen LogP contribution in [0.25, 0.3) is 0 Å². The van der Waals surface area contributed by atoms with Crippen LogP contribution in [0.5, 0.6) is 0 Å². The molecule has 4 nitrogen and oxygen atoms in total. The molecule has 0 aromatic rings. The summed E-state index contributed by atoms with van der Waals surface area (Å²) in [7, 11) is 0. The molecule has 0 aromatic carbocycles. The van der Waals surface area contributed by atoms with Crippen molar-refractivity contribution in [1.29, 1.82) is 0 Å². The third-order valence-corrected chi connectivity index (χ3v) is 8.91. The summed E-state index contributed by atoms with van der Waals surface area (Å²) < 4.78 is 10.7. The molecule has 244 valence electrons. The zero-order valence-electron chi connectivity index (χ0n) is 27.7. The molecule has 0 rings (SSSR count). The van der Waals surface area contributed by atoms with E-state index in [1.807, 2.05) is 0 Å². The summed E-state index contributed by atoms with van der Waals surface area (Å²) in [6, 6.07) is 0. The lowest BCUT2D eigenvalue weighted by Crippen LogP contribution is -2.09. The molecule has 0 aliphatic carbocycles. The largest absolute Gasteiger partial charge is 0.466 e. The summed E-state index contributed by atoms with van der Waals surface area (Å²) in [6.07, 6.45) is 35.2. The minimum absolute atomic E-state index is 0.109. The molecule has 0 atom stereocenters. The first-order valence-corrected chi connectivity index (χ1v) is 19.2. The van der Waals surface area contributed by atoms with Gasteiger partial charge in [0.2, 0.25) is 0 Å². The summed E-state index contributed by atoms with van der Waals surface area (Å²) in [5.41, 5.74) is 0. The third-order valence-electron chi connectivity index (χ3n) is 7.92. The van der Waals surface area contributed by atoms with E-state index in [1.54, 1.807) is 11.8 Å². The van der Waals surface area contributed by atoms with Gasteiger partial charge in [-0.15, -0.1) is 0 Å². The predicted molar refractivity (Wildman–Crippen MR) is 180 cm³/mol. The van der Waals surface area contributed by atoms with Crippen molar-refractivity contribution < 1.29 is 19.1 Å². The Morgan fingerprint density at radius 3 is 0.902 bits per heavy atom. The van der Waals surface area contributed by atoms with Gasteiger partial charge in [-0.2, -0.15) is 11.8 Å². The van der Waals surface area contributed by atoms with Gasteiger partial charge in [0.05, 0.1) is 26.1 Å². The summed E-state index contributed by atoms with van der Waals surface area (Å²) in [6.45, 7) is 5.63. The van der Waals surface area contributed by atoms with E-state index >= 15 is 0 Å². The minimum atomic E-state index is -0.112. The molecule has 0 bridgehead atoms. The minimum Gasteiger partial charge on any atom is -0.466 e. The molecule has 0 spiro atoms. The highest BCUT2D eigenvalue weighted by Gasteiger charge is 2.06. The second-order valence-corrected chi connectivity index (χ2v) is 13.3. The number of esters is 2. The Labute approximate surface area is 260 Å². The van der Waals surface area contributed by atoms with Crippen molar-refractivity contribution in [2.24, 2.45) is 0 Å². The van der Waals surface area contributed by atoms with Gasteiger partial charge in [-0.05, 0) is 12.8 Å². The maximum absolute atomic E-state index is 11.9. The van der Waals surface area contributed by atoms with E-state index in [2.05, 4.69) is 13.8 Å². The topological polar surface area (TPSA) is 52.6 Å². The monoisotopic (exact) mass is 598 g/mol. The zero-order valence-corrected chi connectivity index (χ0v) is 28.5. The Bertz CT molecular complexity index is 540. The number of carbonyl (C=O) groups excluding carboxylic acids is 2. The third kappa shape index (κ3) is 35.4. The van der Waals surface area contributed by atoms with E-state index in [-0.39, 0.29) is 11.9 Å². The smallest absolute Gasteiger partial charge is 0.306 e. The number of ether oxygens (including phenoxy) is 2. The van der Waals surface area contributed by atoms with Gasteiger partial charge in [0.1, 0.15) is 0 Å². The Balaban J connectivity index is 3.25. The fraction of sp³-hybridized carbons (Fsp3) is 0.944. The molecular weight excluding hydrogens is 528 g/mol. The van der Waals surface area contributed by atoms with E-state index < -0.39 is 0 Å². The van der Waals surface area contributed by atoms with Crippen molar-refractivity contribution in [3.63, 3.8) is 0 Å². The van der Waals surface area contributed by atoms with Crippen molar-refractivity contribution >= 4 is 23.7 Å². The normalized spacial score (nSPS) is 11.2. The number of hydrogen-bond donors (Lipinski definition) is 0. The van der Waals surface area contributed by atoms with Crippen LogP contribution in [0.2, 0.25) is 0 Å². The maximum Gasteiger partial charge on any atom is 0.306 e. The van der Waals surface area contributed by atoms with Gasteiger partial charge in [-0.3, -0.25) is 9.59 Å². The van der Waals surface area contributed by atoms with Gasteiger partial charge in [0, 0.05) is 11.5 Å². The van der Waals surface area contributed by atoms with Gasteiger partial charge in [-0.1, -0.05) is 168 Å². The highest BCUT2D eigenvalue weighted by Crippen LogP contribution is 2.14. The van der Waals surface area contributed by atoms with Crippen molar-refractivity contribution in [3.8, 4) is 0 Å². The fourth-order valence-corrected chi connectivity index (χ4v) is 6.00. The molecule has 0 radical (unpaired) electrons. The van der Waals surface area contributed by atoms with Crippen LogP contribution >= 0.6 is 11.8 Å². The highest BCUT2D eigenvalue weighted by molar-refractivity contribution is 7.99. The fourth-order valence-electron chi connectivity index (χ4n) is 5.17. The van der Waals surface area contributed by atoms with Gasteiger partial charge >= 0.3 is 11.9 Å². The standard InChI is InChI=1S/C36H70O4S/c1-3-5-7-9-11-13-15-16-17-18-19-20-22-24-26-28-32-40-36(38)30-34-41-33-29-35(37)39-31-27-25-23-21-14-12-10-8-6-4-2/h3-34H2,1-2H3. The van der Waals surface area contributed by atoms with Crippen LogP contribution in [0.3, 0.4) is 0 Å². The van der Waals surface area contributed by atoms with Crippen LogP contribution in [0.1, 0.15) is 194 Å². The molecule has 0 aromatic heterocycles. The lowest BCUT2D eigenvalue weighted by atomic mass is 10.0. The number of thioether (sulfide) groups is 1. The maximum atomic E-state index is 11.9. The first kappa shape index (κ1) is 40.3. The van der Waals surface area contributed by atoms with Crippen LogP contribution in [0, 0.1) is 0 Å². The first-order valence-electron chi connectivity index (χ1n) is 18.1. The zero-order chi connectivity index (χ0) is 29.9. The molecule has 0 N–H and O–H groups in total. The van der Waals surface area contributed by atoms with Crippen LogP contribution in [0.4, 0.5) is 0 Å². The van der Waals surface area contributed by atoms with Crippen molar-refractivity contribution in [2.75, 3.05) is 24.7 Å². The summed E-state index contributed by atoms with van der Waals surface area (Å²) >= 11 is 1.63. The molecule has 0 fully saturated rings. The van der Waals surface area contributed by atoms with Gasteiger partial charge in [0.15, 0.2) is 0 Å². The second-order valence-electron chi connectivity index (χ2n) is 12.0. The number of rotatable bonds is 34. The number of hydrogen-bond acceptors (Lipinski definition) is 5. The average molecular weight is 599 g/mol. The van der Waals surface area contributed by atoms with Crippen molar-refractivity contribution in [1.82, 2.24) is 0 Å². The molecule has 0 unspecified atom stereocenters. The predicted octanol–water partition coefficient (Wildman–Crippen LogP) is 11.8. The highest BCUT2D eigenvalue weighted by atomic mass is 32.2. The van der Waals surface area contributed by atoms with Gasteiger partial charge in [0.25, 0.3) is 0 Å². The molecular formula is C36H70O4S. The van der Waals surface area contributed by atoms with Crippen LogP contribution in [-0.2, 0) is 19.1 Å². The van der Waals surface area contributed by atoms with E-state index in [1.165, 1.54) is 141 Å². The molecule has 0 amide bonds. The molecule has 5 heteroatoms.